The van der Waals surface area contributed by atoms with Crippen LogP contribution in [0.15, 0.2) is 58.1 Å². The maximum atomic E-state index is 5.29. The zero-order valence-electron chi connectivity index (χ0n) is 13.1. The maximum absolute atomic E-state index is 5.29. The smallest absolute Gasteiger partial charge is 0.191 e. The predicted octanol–water partition coefficient (Wildman–Crippen LogP) is 3.58. The molecule has 2 aromatic rings. The summed E-state index contributed by atoms with van der Waals surface area (Å²) in [6.45, 7) is 2.81. The van der Waals surface area contributed by atoms with Crippen LogP contribution in [0.3, 0.4) is 0 Å². The van der Waals surface area contributed by atoms with Crippen molar-refractivity contribution in [2.24, 2.45) is 4.99 Å². The van der Waals surface area contributed by atoms with Crippen LogP contribution in [0.5, 0.6) is 0 Å². The van der Waals surface area contributed by atoms with Gasteiger partial charge < -0.3 is 15.1 Å². The largest absolute Gasteiger partial charge is 0.467 e. The molecule has 0 aliphatic rings. The molecule has 0 bridgehead atoms. The number of benzene rings is 1. The molecule has 1 aromatic heterocycles. The second-order valence-electron chi connectivity index (χ2n) is 5.07. The number of furan rings is 1. The Morgan fingerprint density at radius 2 is 1.95 bits per heavy atom. The Morgan fingerprint density at radius 3 is 2.59 bits per heavy atom. The lowest BCUT2D eigenvalue weighted by atomic mass is 10.1. The van der Waals surface area contributed by atoms with Crippen molar-refractivity contribution in [2.45, 2.75) is 32.4 Å². The lowest BCUT2D eigenvalue weighted by molar-refractivity contribution is 0.499. The van der Waals surface area contributed by atoms with Crippen LogP contribution in [0, 0.1) is 0 Å². The number of rotatable bonds is 6. The van der Waals surface area contributed by atoms with E-state index in [0.717, 1.165) is 24.6 Å². The number of guanidine groups is 1. The van der Waals surface area contributed by atoms with Crippen LogP contribution in [-0.2, 0) is 13.0 Å². The van der Waals surface area contributed by atoms with Crippen LogP contribution >= 0.6 is 24.0 Å². The number of hydrogen-bond acceptors (Lipinski definition) is 2. The predicted molar refractivity (Wildman–Crippen MR) is 102 cm³/mol. The number of nitrogens with one attached hydrogen (secondary N) is 2. The molecule has 0 aliphatic heterocycles. The second-order valence-corrected chi connectivity index (χ2v) is 5.07. The van der Waals surface area contributed by atoms with Crippen LogP contribution in [0.1, 0.15) is 24.7 Å². The fourth-order valence-corrected chi connectivity index (χ4v) is 2.11. The van der Waals surface area contributed by atoms with Gasteiger partial charge in [-0.2, -0.15) is 0 Å². The first kappa shape index (κ1) is 18.5. The molecule has 1 heterocycles. The summed E-state index contributed by atoms with van der Waals surface area (Å²) in [5.74, 6) is 1.70. The second kappa shape index (κ2) is 10.3. The molecule has 0 spiro atoms. The molecule has 2 rings (SSSR count). The van der Waals surface area contributed by atoms with Crippen molar-refractivity contribution in [3.05, 3.63) is 60.1 Å². The number of hydrogen-bond donors (Lipinski definition) is 2. The van der Waals surface area contributed by atoms with Crippen molar-refractivity contribution in [1.29, 1.82) is 0 Å². The molecule has 0 fully saturated rings. The van der Waals surface area contributed by atoms with Crippen LogP contribution < -0.4 is 10.6 Å². The topological polar surface area (TPSA) is 49.6 Å². The number of aryl methyl sites for hydroxylation is 1. The molecule has 0 aliphatic carbocycles. The molecule has 1 unspecified atom stereocenters. The van der Waals surface area contributed by atoms with Gasteiger partial charge in [-0.15, -0.1) is 24.0 Å². The van der Waals surface area contributed by atoms with E-state index >= 15 is 0 Å². The van der Waals surface area contributed by atoms with Crippen LogP contribution in [0.4, 0.5) is 0 Å². The average Bonchev–Trinajstić information content (AvgIpc) is 3.04. The summed E-state index contributed by atoms with van der Waals surface area (Å²) < 4.78 is 5.29. The van der Waals surface area contributed by atoms with E-state index in [4.69, 9.17) is 4.42 Å². The molecule has 0 saturated heterocycles. The Hall–Kier alpha value is -1.50. The van der Waals surface area contributed by atoms with Gasteiger partial charge in [0, 0.05) is 13.1 Å². The molecule has 0 amide bonds. The molecule has 1 aromatic carbocycles. The highest BCUT2D eigenvalue weighted by atomic mass is 127. The van der Waals surface area contributed by atoms with Gasteiger partial charge in [-0.1, -0.05) is 30.3 Å². The van der Waals surface area contributed by atoms with Crippen LogP contribution in [0.2, 0.25) is 0 Å². The first-order valence-corrected chi connectivity index (χ1v) is 7.31. The van der Waals surface area contributed by atoms with Gasteiger partial charge in [0.2, 0.25) is 0 Å². The highest BCUT2D eigenvalue weighted by molar-refractivity contribution is 14.0. The van der Waals surface area contributed by atoms with Gasteiger partial charge in [0.05, 0.1) is 12.8 Å². The monoisotopic (exact) mass is 413 g/mol. The Bertz CT molecular complexity index is 540. The van der Waals surface area contributed by atoms with E-state index in [1.54, 1.807) is 13.3 Å². The van der Waals surface area contributed by atoms with E-state index in [1.807, 2.05) is 18.2 Å². The third kappa shape index (κ3) is 6.51. The Kier molecular flexibility index (Phi) is 8.65. The minimum Gasteiger partial charge on any atom is -0.467 e. The summed E-state index contributed by atoms with van der Waals surface area (Å²) in [6.07, 6.45) is 3.80. The molecule has 0 saturated carbocycles. The fraction of sp³-hybridized carbons (Fsp3) is 0.353. The summed E-state index contributed by atoms with van der Waals surface area (Å²) in [7, 11) is 1.78. The van der Waals surface area contributed by atoms with Gasteiger partial charge >= 0.3 is 0 Å². The van der Waals surface area contributed by atoms with Crippen molar-refractivity contribution in [3.8, 4) is 0 Å². The third-order valence-electron chi connectivity index (χ3n) is 3.33. The van der Waals surface area contributed by atoms with E-state index in [9.17, 15) is 0 Å². The SMILES string of the molecule is CN=C(NCc1ccco1)NC(C)CCc1ccccc1.I. The van der Waals surface area contributed by atoms with Crippen LogP contribution in [0.25, 0.3) is 0 Å². The van der Waals surface area contributed by atoms with Crippen molar-refractivity contribution < 1.29 is 4.42 Å². The zero-order chi connectivity index (χ0) is 14.9. The molecule has 0 radical (unpaired) electrons. The van der Waals surface area contributed by atoms with E-state index in [-0.39, 0.29) is 24.0 Å². The Labute approximate surface area is 149 Å². The van der Waals surface area contributed by atoms with Crippen molar-refractivity contribution in [1.82, 2.24) is 10.6 Å². The zero-order valence-corrected chi connectivity index (χ0v) is 15.4. The average molecular weight is 413 g/mol. The van der Waals surface area contributed by atoms with Gasteiger partial charge in [0.25, 0.3) is 0 Å². The van der Waals surface area contributed by atoms with Gasteiger partial charge in [0.15, 0.2) is 5.96 Å². The van der Waals surface area contributed by atoms with Gasteiger partial charge in [-0.25, -0.2) is 0 Å². The quantitative estimate of drug-likeness (QED) is 0.433. The molecule has 2 N–H and O–H groups in total. The lowest BCUT2D eigenvalue weighted by Gasteiger charge is -2.17. The third-order valence-corrected chi connectivity index (χ3v) is 3.33. The molecule has 1 atom stereocenters. The molecule has 120 valence electrons. The minimum absolute atomic E-state index is 0. The van der Waals surface area contributed by atoms with Crippen molar-refractivity contribution in [3.63, 3.8) is 0 Å². The van der Waals surface area contributed by atoms with E-state index in [2.05, 4.69) is 46.8 Å². The van der Waals surface area contributed by atoms with E-state index < -0.39 is 0 Å². The van der Waals surface area contributed by atoms with Gasteiger partial charge in [-0.05, 0) is 37.5 Å². The minimum atomic E-state index is 0. The standard InChI is InChI=1S/C17H23N3O.HI/c1-14(10-11-15-7-4-3-5-8-15)20-17(18-2)19-13-16-9-6-12-21-16;/h3-9,12,14H,10-11,13H2,1-2H3,(H2,18,19,20);1H. The normalized spacial score (nSPS) is 12.4. The van der Waals surface area contributed by atoms with Gasteiger partial charge in [-0.3, -0.25) is 4.99 Å². The van der Waals surface area contributed by atoms with E-state index in [1.165, 1.54) is 5.56 Å². The summed E-state index contributed by atoms with van der Waals surface area (Å²) in [5.41, 5.74) is 1.37. The number of halogens is 1. The van der Waals surface area contributed by atoms with Crippen molar-refractivity contribution in [2.75, 3.05) is 7.05 Å². The summed E-state index contributed by atoms with van der Waals surface area (Å²) in [6, 6.07) is 14.7. The molecular weight excluding hydrogens is 389 g/mol. The first-order chi connectivity index (χ1) is 10.3. The van der Waals surface area contributed by atoms with Crippen molar-refractivity contribution >= 4 is 29.9 Å². The van der Waals surface area contributed by atoms with E-state index in [0.29, 0.717) is 12.6 Å². The van der Waals surface area contributed by atoms with Crippen LogP contribution in [-0.4, -0.2) is 19.0 Å². The lowest BCUT2D eigenvalue weighted by Crippen LogP contribution is -2.42. The molecule has 5 heteroatoms. The first-order valence-electron chi connectivity index (χ1n) is 7.31. The Morgan fingerprint density at radius 1 is 1.18 bits per heavy atom. The van der Waals surface area contributed by atoms with Gasteiger partial charge in [0.1, 0.15) is 5.76 Å². The molecule has 22 heavy (non-hydrogen) atoms. The highest BCUT2D eigenvalue weighted by Crippen LogP contribution is 2.05. The number of aliphatic imine (C=N–C) groups is 1. The maximum Gasteiger partial charge on any atom is 0.191 e. The fourth-order valence-electron chi connectivity index (χ4n) is 2.11. The number of nitrogens with zero attached hydrogens (tertiary/aromatic N) is 1. The molecular formula is C17H24IN3O. The Balaban J connectivity index is 0.00000242. The highest BCUT2D eigenvalue weighted by Gasteiger charge is 2.06. The summed E-state index contributed by atoms with van der Waals surface area (Å²) >= 11 is 0. The summed E-state index contributed by atoms with van der Waals surface area (Å²) in [5, 5.41) is 6.64. The summed E-state index contributed by atoms with van der Waals surface area (Å²) in [4.78, 5) is 4.24. The molecule has 4 nitrogen and oxygen atoms in total.